The normalized spacial score (nSPS) is 14.6. The summed E-state index contributed by atoms with van der Waals surface area (Å²) in [4.78, 5) is 19.4. The highest BCUT2D eigenvalue weighted by Gasteiger charge is 2.28. The molecular weight excluding hydrogens is 316 g/mol. The second-order valence-electron chi connectivity index (χ2n) is 5.97. The van der Waals surface area contributed by atoms with Gasteiger partial charge < -0.3 is 4.90 Å². The third-order valence-corrected chi connectivity index (χ3v) is 5.40. The molecule has 0 saturated carbocycles. The van der Waals surface area contributed by atoms with Crippen LogP contribution in [0.15, 0.2) is 65.7 Å². The standard InChI is InChI=1S/C20H18N2OS/c1-14(20(23)22-13-12-16-7-3-5-9-18(16)22)24-19-11-10-15-6-2-4-8-17(15)21-19/h2-11,14H,12-13H2,1H3/t14-/m0/s1. The zero-order valence-corrected chi connectivity index (χ0v) is 14.3. The molecule has 0 saturated heterocycles. The monoisotopic (exact) mass is 334 g/mol. The van der Waals surface area contributed by atoms with Crippen LogP contribution in [-0.2, 0) is 11.2 Å². The highest BCUT2D eigenvalue weighted by Crippen LogP contribution is 2.31. The molecule has 1 aromatic heterocycles. The number of thioether (sulfide) groups is 1. The maximum Gasteiger partial charge on any atom is 0.240 e. The maximum absolute atomic E-state index is 12.9. The van der Waals surface area contributed by atoms with E-state index in [9.17, 15) is 4.79 Å². The number of nitrogens with zero attached hydrogens (tertiary/aromatic N) is 2. The Labute approximate surface area is 145 Å². The van der Waals surface area contributed by atoms with E-state index in [0.717, 1.165) is 34.6 Å². The van der Waals surface area contributed by atoms with Gasteiger partial charge in [-0.1, -0.05) is 54.2 Å². The van der Waals surface area contributed by atoms with E-state index in [1.165, 1.54) is 17.3 Å². The Bertz CT molecular complexity index is 909. The minimum Gasteiger partial charge on any atom is -0.311 e. The number of rotatable bonds is 3. The van der Waals surface area contributed by atoms with Crippen molar-refractivity contribution in [1.82, 2.24) is 4.98 Å². The van der Waals surface area contributed by atoms with Crippen molar-refractivity contribution in [2.75, 3.05) is 11.4 Å². The van der Waals surface area contributed by atoms with Crippen molar-refractivity contribution < 1.29 is 4.79 Å². The van der Waals surface area contributed by atoms with Crippen molar-refractivity contribution in [3.05, 3.63) is 66.2 Å². The first-order valence-electron chi connectivity index (χ1n) is 8.14. The summed E-state index contributed by atoms with van der Waals surface area (Å²) >= 11 is 1.53. The van der Waals surface area contributed by atoms with Gasteiger partial charge in [0.2, 0.25) is 5.91 Å². The van der Waals surface area contributed by atoms with Crippen LogP contribution in [0.3, 0.4) is 0 Å². The molecule has 0 unspecified atom stereocenters. The molecule has 0 N–H and O–H groups in total. The third kappa shape index (κ3) is 2.78. The van der Waals surface area contributed by atoms with Gasteiger partial charge in [0.05, 0.1) is 15.8 Å². The number of pyridine rings is 1. The van der Waals surface area contributed by atoms with Gasteiger partial charge in [-0.05, 0) is 37.1 Å². The summed E-state index contributed by atoms with van der Waals surface area (Å²) in [6, 6.07) is 20.3. The minimum atomic E-state index is -0.162. The van der Waals surface area contributed by atoms with E-state index < -0.39 is 0 Å². The molecule has 0 spiro atoms. The van der Waals surface area contributed by atoms with Crippen LogP contribution in [0.25, 0.3) is 10.9 Å². The molecule has 2 heterocycles. The number of anilines is 1. The van der Waals surface area contributed by atoms with Crippen LogP contribution in [-0.4, -0.2) is 22.7 Å². The Morgan fingerprint density at radius 1 is 1.08 bits per heavy atom. The predicted molar refractivity (Wildman–Crippen MR) is 99.6 cm³/mol. The van der Waals surface area contributed by atoms with Crippen LogP contribution >= 0.6 is 11.8 Å². The minimum absolute atomic E-state index is 0.153. The SMILES string of the molecule is C[C@H](Sc1ccc2ccccc2n1)C(=O)N1CCc2ccccc21. The smallest absolute Gasteiger partial charge is 0.240 e. The maximum atomic E-state index is 12.9. The average molecular weight is 334 g/mol. The van der Waals surface area contributed by atoms with Gasteiger partial charge in [0.15, 0.2) is 0 Å². The first kappa shape index (κ1) is 15.2. The summed E-state index contributed by atoms with van der Waals surface area (Å²) in [6.07, 6.45) is 0.938. The Morgan fingerprint density at radius 2 is 1.88 bits per heavy atom. The van der Waals surface area contributed by atoms with Gasteiger partial charge in [-0.15, -0.1) is 0 Å². The summed E-state index contributed by atoms with van der Waals surface area (Å²) < 4.78 is 0. The average Bonchev–Trinajstić information content (AvgIpc) is 3.05. The number of benzene rings is 2. The molecule has 1 aliphatic heterocycles. The van der Waals surface area contributed by atoms with Crippen LogP contribution in [0.2, 0.25) is 0 Å². The second kappa shape index (κ2) is 6.29. The van der Waals surface area contributed by atoms with Crippen molar-refractivity contribution in [2.24, 2.45) is 0 Å². The van der Waals surface area contributed by atoms with Crippen molar-refractivity contribution in [3.63, 3.8) is 0 Å². The molecule has 120 valence electrons. The summed E-state index contributed by atoms with van der Waals surface area (Å²) in [6.45, 7) is 2.74. The molecular formula is C20H18N2OS. The van der Waals surface area contributed by atoms with Crippen molar-refractivity contribution in [2.45, 2.75) is 23.6 Å². The molecule has 1 amide bonds. The number of amides is 1. The van der Waals surface area contributed by atoms with Crippen LogP contribution in [0, 0.1) is 0 Å². The number of carbonyl (C=O) groups excluding carboxylic acids is 1. The fraction of sp³-hybridized carbons (Fsp3) is 0.200. The number of hydrogen-bond acceptors (Lipinski definition) is 3. The highest BCUT2D eigenvalue weighted by atomic mass is 32.2. The van der Waals surface area contributed by atoms with E-state index in [2.05, 4.69) is 17.1 Å². The summed E-state index contributed by atoms with van der Waals surface area (Å²) in [7, 11) is 0. The van der Waals surface area contributed by atoms with E-state index in [4.69, 9.17) is 0 Å². The molecule has 4 heteroatoms. The molecule has 1 atom stereocenters. The molecule has 24 heavy (non-hydrogen) atoms. The van der Waals surface area contributed by atoms with Gasteiger partial charge in [0.1, 0.15) is 0 Å². The summed E-state index contributed by atoms with van der Waals surface area (Å²) in [5.74, 6) is 0.153. The quantitative estimate of drug-likeness (QED) is 0.669. The molecule has 1 aliphatic rings. The number of carbonyl (C=O) groups is 1. The fourth-order valence-corrected chi connectivity index (χ4v) is 4.02. The van der Waals surface area contributed by atoms with Gasteiger partial charge in [0.25, 0.3) is 0 Å². The Kier molecular flexibility index (Phi) is 3.98. The summed E-state index contributed by atoms with van der Waals surface area (Å²) in [5, 5.41) is 1.85. The molecule has 0 radical (unpaired) electrons. The third-order valence-electron chi connectivity index (χ3n) is 4.37. The Morgan fingerprint density at radius 3 is 2.79 bits per heavy atom. The summed E-state index contributed by atoms with van der Waals surface area (Å²) in [5.41, 5.74) is 3.28. The molecule has 3 nitrogen and oxygen atoms in total. The van der Waals surface area contributed by atoms with Crippen LogP contribution in [0.4, 0.5) is 5.69 Å². The molecule has 0 bridgehead atoms. The fourth-order valence-electron chi connectivity index (χ4n) is 3.13. The Hall–Kier alpha value is -2.33. The van der Waals surface area contributed by atoms with E-state index >= 15 is 0 Å². The largest absolute Gasteiger partial charge is 0.311 e. The zero-order chi connectivity index (χ0) is 16.5. The predicted octanol–water partition coefficient (Wildman–Crippen LogP) is 4.30. The lowest BCUT2D eigenvalue weighted by molar-refractivity contribution is -0.117. The van der Waals surface area contributed by atoms with Crippen molar-refractivity contribution in [3.8, 4) is 0 Å². The first-order valence-corrected chi connectivity index (χ1v) is 9.02. The van der Waals surface area contributed by atoms with Gasteiger partial charge >= 0.3 is 0 Å². The molecule has 0 fully saturated rings. The van der Waals surface area contributed by atoms with Crippen LogP contribution in [0.1, 0.15) is 12.5 Å². The van der Waals surface area contributed by atoms with Gasteiger partial charge in [-0.25, -0.2) is 4.98 Å². The topological polar surface area (TPSA) is 33.2 Å². The number of fused-ring (bicyclic) bond motifs is 2. The van der Waals surface area contributed by atoms with Gasteiger partial charge in [0, 0.05) is 17.6 Å². The zero-order valence-electron chi connectivity index (χ0n) is 13.5. The van der Waals surface area contributed by atoms with Gasteiger partial charge in [-0.3, -0.25) is 4.79 Å². The van der Waals surface area contributed by atoms with Gasteiger partial charge in [-0.2, -0.15) is 0 Å². The van der Waals surface area contributed by atoms with Crippen LogP contribution < -0.4 is 4.90 Å². The molecule has 4 rings (SSSR count). The van der Waals surface area contributed by atoms with E-state index in [-0.39, 0.29) is 11.2 Å². The Balaban J connectivity index is 1.53. The number of aromatic nitrogens is 1. The highest BCUT2D eigenvalue weighted by molar-refractivity contribution is 8.00. The van der Waals surface area contributed by atoms with E-state index in [1.807, 2.05) is 60.4 Å². The molecule has 0 aliphatic carbocycles. The van der Waals surface area contributed by atoms with E-state index in [1.54, 1.807) is 0 Å². The lowest BCUT2D eigenvalue weighted by Crippen LogP contribution is -2.35. The van der Waals surface area contributed by atoms with Crippen LogP contribution in [0.5, 0.6) is 0 Å². The number of hydrogen-bond donors (Lipinski definition) is 0. The number of para-hydroxylation sites is 2. The second-order valence-corrected chi connectivity index (χ2v) is 7.33. The lowest BCUT2D eigenvalue weighted by Gasteiger charge is -2.21. The van der Waals surface area contributed by atoms with Crippen molar-refractivity contribution in [1.29, 1.82) is 0 Å². The molecule has 3 aromatic rings. The lowest BCUT2D eigenvalue weighted by atomic mass is 10.2. The molecule has 2 aromatic carbocycles. The van der Waals surface area contributed by atoms with E-state index in [0.29, 0.717) is 0 Å². The van der Waals surface area contributed by atoms with Crippen molar-refractivity contribution >= 4 is 34.3 Å². The first-order chi connectivity index (χ1) is 11.7.